The number of rotatable bonds is 2. The van der Waals surface area contributed by atoms with Crippen LogP contribution in [0.4, 0.5) is 0 Å². The first kappa shape index (κ1) is 14.5. The van der Waals surface area contributed by atoms with Gasteiger partial charge in [0.05, 0.1) is 10.0 Å². The van der Waals surface area contributed by atoms with Crippen LogP contribution in [-0.4, -0.2) is 5.78 Å². The fourth-order valence-electron chi connectivity index (χ4n) is 3.09. The molecule has 0 atom stereocenters. The highest BCUT2D eigenvalue weighted by Gasteiger charge is 2.20. The van der Waals surface area contributed by atoms with E-state index in [1.807, 2.05) is 30.3 Å². The molecule has 0 aromatic heterocycles. The summed E-state index contributed by atoms with van der Waals surface area (Å²) in [5.74, 6) is -0.0395. The molecule has 0 spiro atoms. The van der Waals surface area contributed by atoms with Crippen LogP contribution in [0.2, 0.25) is 10.0 Å². The summed E-state index contributed by atoms with van der Waals surface area (Å²) in [4.78, 5) is 12.7. The normalized spacial score (nSPS) is 11.9. The summed E-state index contributed by atoms with van der Waals surface area (Å²) in [5, 5.41) is 0.846. The molecule has 0 heterocycles. The van der Waals surface area contributed by atoms with Crippen molar-refractivity contribution >= 4 is 29.0 Å². The first-order chi connectivity index (χ1) is 11.1. The van der Waals surface area contributed by atoms with Crippen LogP contribution in [0.15, 0.2) is 60.7 Å². The average molecular weight is 339 g/mol. The van der Waals surface area contributed by atoms with Gasteiger partial charge in [-0.2, -0.15) is 0 Å². The Labute approximate surface area is 144 Å². The van der Waals surface area contributed by atoms with Crippen LogP contribution in [-0.2, 0) is 6.42 Å². The van der Waals surface area contributed by atoms with Crippen LogP contribution < -0.4 is 0 Å². The van der Waals surface area contributed by atoms with E-state index in [9.17, 15) is 4.79 Å². The second kappa shape index (κ2) is 5.52. The molecular weight excluding hydrogens is 327 g/mol. The number of benzene rings is 3. The van der Waals surface area contributed by atoms with Crippen molar-refractivity contribution in [3.8, 4) is 11.1 Å². The molecule has 3 aromatic rings. The zero-order valence-electron chi connectivity index (χ0n) is 12.1. The van der Waals surface area contributed by atoms with Gasteiger partial charge < -0.3 is 0 Å². The highest BCUT2D eigenvalue weighted by molar-refractivity contribution is 6.42. The van der Waals surface area contributed by atoms with Crippen LogP contribution in [0.1, 0.15) is 27.0 Å². The van der Waals surface area contributed by atoms with Gasteiger partial charge in [0.2, 0.25) is 0 Å². The van der Waals surface area contributed by atoms with E-state index in [2.05, 4.69) is 12.1 Å². The molecule has 0 aliphatic heterocycles. The molecule has 0 bridgehead atoms. The van der Waals surface area contributed by atoms with Crippen molar-refractivity contribution in [2.24, 2.45) is 0 Å². The predicted octanol–water partition coefficient (Wildman–Crippen LogP) is 5.80. The van der Waals surface area contributed by atoms with Crippen molar-refractivity contribution in [3.63, 3.8) is 0 Å². The minimum absolute atomic E-state index is 0.0395. The molecule has 0 radical (unpaired) electrons. The maximum Gasteiger partial charge on any atom is 0.193 e. The fourth-order valence-corrected chi connectivity index (χ4v) is 3.39. The summed E-state index contributed by atoms with van der Waals surface area (Å²) in [5.41, 5.74) is 6.20. The van der Waals surface area contributed by atoms with Gasteiger partial charge in [0.15, 0.2) is 5.78 Å². The van der Waals surface area contributed by atoms with Gasteiger partial charge in [0, 0.05) is 11.1 Å². The van der Waals surface area contributed by atoms with Crippen LogP contribution in [0.25, 0.3) is 11.1 Å². The number of carbonyl (C=O) groups excluding carboxylic acids is 1. The maximum absolute atomic E-state index is 12.7. The second-order valence-electron chi connectivity index (χ2n) is 5.66. The molecule has 0 N–H and O–H groups in total. The predicted molar refractivity (Wildman–Crippen MR) is 94.6 cm³/mol. The molecule has 4 rings (SSSR count). The molecule has 1 nitrogen and oxygen atoms in total. The van der Waals surface area contributed by atoms with Gasteiger partial charge >= 0.3 is 0 Å². The third kappa shape index (κ3) is 2.46. The third-order valence-electron chi connectivity index (χ3n) is 4.24. The Bertz CT molecular complexity index is 944. The lowest BCUT2D eigenvalue weighted by molar-refractivity contribution is 0.103. The lowest BCUT2D eigenvalue weighted by Crippen LogP contribution is -2.02. The Kier molecular flexibility index (Phi) is 3.48. The molecule has 3 heteroatoms. The Hall–Kier alpha value is -2.09. The molecule has 23 heavy (non-hydrogen) atoms. The maximum atomic E-state index is 12.7. The van der Waals surface area contributed by atoms with E-state index in [4.69, 9.17) is 23.2 Å². The van der Waals surface area contributed by atoms with Crippen LogP contribution >= 0.6 is 23.2 Å². The van der Waals surface area contributed by atoms with E-state index in [1.165, 1.54) is 22.3 Å². The van der Waals surface area contributed by atoms with Crippen molar-refractivity contribution in [1.82, 2.24) is 0 Å². The molecule has 0 amide bonds. The topological polar surface area (TPSA) is 17.1 Å². The largest absolute Gasteiger partial charge is 0.289 e. The lowest BCUT2D eigenvalue weighted by Gasteiger charge is -2.06. The van der Waals surface area contributed by atoms with E-state index < -0.39 is 0 Å². The number of fused-ring (bicyclic) bond motifs is 3. The average Bonchev–Trinajstić information content (AvgIpc) is 2.94. The summed E-state index contributed by atoms with van der Waals surface area (Å²) in [6.07, 6.45) is 0.869. The van der Waals surface area contributed by atoms with Gasteiger partial charge in [-0.1, -0.05) is 59.6 Å². The van der Waals surface area contributed by atoms with Gasteiger partial charge in [0.25, 0.3) is 0 Å². The first-order valence-corrected chi connectivity index (χ1v) is 8.10. The monoisotopic (exact) mass is 338 g/mol. The molecule has 0 saturated carbocycles. The van der Waals surface area contributed by atoms with Crippen LogP contribution in [0.3, 0.4) is 0 Å². The summed E-state index contributed by atoms with van der Waals surface area (Å²) in [7, 11) is 0. The van der Waals surface area contributed by atoms with Crippen molar-refractivity contribution < 1.29 is 4.79 Å². The van der Waals surface area contributed by atoms with Gasteiger partial charge in [-0.15, -0.1) is 0 Å². The van der Waals surface area contributed by atoms with E-state index in [0.29, 0.717) is 21.2 Å². The first-order valence-electron chi connectivity index (χ1n) is 7.34. The Morgan fingerprint density at radius 1 is 0.739 bits per heavy atom. The van der Waals surface area contributed by atoms with E-state index >= 15 is 0 Å². The summed E-state index contributed by atoms with van der Waals surface area (Å²) >= 11 is 11.9. The third-order valence-corrected chi connectivity index (χ3v) is 4.98. The Morgan fingerprint density at radius 2 is 1.43 bits per heavy atom. The van der Waals surface area contributed by atoms with Crippen molar-refractivity contribution in [3.05, 3.63) is 93.0 Å². The van der Waals surface area contributed by atoms with Crippen molar-refractivity contribution in [2.75, 3.05) is 0 Å². The van der Waals surface area contributed by atoms with Gasteiger partial charge in [-0.05, 0) is 52.9 Å². The molecule has 0 fully saturated rings. The minimum Gasteiger partial charge on any atom is -0.289 e. The van der Waals surface area contributed by atoms with Gasteiger partial charge in [0.1, 0.15) is 0 Å². The Balaban J connectivity index is 1.73. The van der Waals surface area contributed by atoms with Crippen molar-refractivity contribution in [2.45, 2.75) is 6.42 Å². The highest BCUT2D eigenvalue weighted by atomic mass is 35.5. The highest BCUT2D eigenvalue weighted by Crippen LogP contribution is 2.37. The second-order valence-corrected chi connectivity index (χ2v) is 6.48. The molecule has 1 aliphatic rings. The molecular formula is C20H12Cl2O. The smallest absolute Gasteiger partial charge is 0.193 e. The number of halogens is 2. The van der Waals surface area contributed by atoms with Crippen LogP contribution in [0, 0.1) is 0 Å². The number of hydrogen-bond acceptors (Lipinski definition) is 1. The quantitative estimate of drug-likeness (QED) is 0.422. The molecule has 0 saturated heterocycles. The summed E-state index contributed by atoms with van der Waals surface area (Å²) in [6.45, 7) is 0. The van der Waals surface area contributed by atoms with E-state index in [0.717, 1.165) is 6.42 Å². The lowest BCUT2D eigenvalue weighted by atomic mass is 9.98. The standard InChI is InChI=1S/C20H12Cl2O/c21-18-8-6-14(11-19(18)22)20(23)13-5-7-17-15(10-13)9-12-3-1-2-4-16(12)17/h1-8,10-11H,9H2. The number of carbonyl (C=O) groups is 1. The number of hydrogen-bond donors (Lipinski definition) is 0. The van der Waals surface area contributed by atoms with Crippen molar-refractivity contribution in [1.29, 1.82) is 0 Å². The molecule has 112 valence electrons. The van der Waals surface area contributed by atoms with Gasteiger partial charge in [-0.3, -0.25) is 4.79 Å². The fraction of sp³-hybridized carbons (Fsp3) is 0.0500. The SMILES string of the molecule is O=C(c1ccc(Cl)c(Cl)c1)c1ccc2c(c1)Cc1ccccc1-2. The van der Waals surface area contributed by atoms with Gasteiger partial charge in [-0.25, -0.2) is 0 Å². The zero-order valence-corrected chi connectivity index (χ0v) is 13.7. The molecule has 0 unspecified atom stereocenters. The molecule has 3 aromatic carbocycles. The van der Waals surface area contributed by atoms with E-state index in [1.54, 1.807) is 18.2 Å². The number of ketones is 1. The van der Waals surface area contributed by atoms with E-state index in [-0.39, 0.29) is 5.78 Å². The zero-order chi connectivity index (χ0) is 16.0. The van der Waals surface area contributed by atoms with Crippen LogP contribution in [0.5, 0.6) is 0 Å². The summed E-state index contributed by atoms with van der Waals surface area (Å²) < 4.78 is 0. The Morgan fingerprint density at radius 3 is 2.26 bits per heavy atom. The summed E-state index contributed by atoms with van der Waals surface area (Å²) in [6, 6.07) is 19.2. The minimum atomic E-state index is -0.0395. The molecule has 1 aliphatic carbocycles.